The number of benzene rings is 2. The number of ketones is 1. The molecule has 0 spiro atoms. The van der Waals surface area contributed by atoms with Gasteiger partial charge in [-0.15, -0.1) is 11.3 Å². The summed E-state index contributed by atoms with van der Waals surface area (Å²) in [6.07, 6.45) is 0.567. The second-order valence-corrected chi connectivity index (χ2v) is 10.5. The Kier molecular flexibility index (Phi) is 6.68. The van der Waals surface area contributed by atoms with E-state index in [4.69, 9.17) is 33.7 Å². The molecule has 2 saturated heterocycles. The number of Topliss-reactive ketones (excluding diaryl/α,β-unsaturated/α-hetero) is 1. The molecule has 2 amide bonds. The Morgan fingerprint density at radius 1 is 1.14 bits per heavy atom. The predicted octanol–water partition coefficient (Wildman–Crippen LogP) is 4.72. The fourth-order valence-corrected chi connectivity index (χ4v) is 5.99. The van der Waals surface area contributed by atoms with Crippen LogP contribution in [-0.2, 0) is 20.7 Å². The van der Waals surface area contributed by atoms with Gasteiger partial charge in [0.2, 0.25) is 11.8 Å². The van der Waals surface area contributed by atoms with Crippen molar-refractivity contribution in [3.63, 3.8) is 0 Å². The first-order valence-corrected chi connectivity index (χ1v) is 12.8. The van der Waals surface area contributed by atoms with Crippen molar-refractivity contribution < 1.29 is 19.1 Å². The lowest BCUT2D eigenvalue weighted by atomic mass is 9.85. The van der Waals surface area contributed by atoms with E-state index >= 15 is 0 Å². The summed E-state index contributed by atoms with van der Waals surface area (Å²) in [6.45, 7) is 0.422. The number of halogens is 2. The average Bonchev–Trinajstić information content (AvgIpc) is 3.59. The lowest BCUT2D eigenvalue weighted by Crippen LogP contribution is -2.44. The minimum Gasteiger partial charge on any atom is -0.368 e. The molecule has 3 heterocycles. The smallest absolute Gasteiger partial charge is 0.249 e. The SMILES string of the molecule is NC(=O)c1ccc(-c2cccs2)cc1C(Cc1ccc(Cl)c(Cl)c1)C(=O)N1CCC2OCC(=O)C21. The third-order valence-corrected chi connectivity index (χ3v) is 8.27. The quantitative estimate of drug-likeness (QED) is 0.501. The number of hydrogen-bond acceptors (Lipinski definition) is 5. The van der Waals surface area contributed by atoms with Gasteiger partial charge in [0.25, 0.3) is 0 Å². The highest BCUT2D eigenvalue weighted by molar-refractivity contribution is 7.13. The molecule has 0 bridgehead atoms. The molecule has 3 unspecified atom stereocenters. The Bertz CT molecular complexity index is 1310. The molecular weight excluding hydrogens is 507 g/mol. The van der Waals surface area contributed by atoms with E-state index in [2.05, 4.69) is 0 Å². The van der Waals surface area contributed by atoms with Gasteiger partial charge in [0.1, 0.15) is 12.6 Å². The van der Waals surface area contributed by atoms with Crippen LogP contribution in [0.15, 0.2) is 53.9 Å². The number of carbonyl (C=O) groups excluding carboxylic acids is 3. The van der Waals surface area contributed by atoms with E-state index in [0.29, 0.717) is 28.6 Å². The molecule has 2 N–H and O–H groups in total. The van der Waals surface area contributed by atoms with E-state index in [0.717, 1.165) is 16.0 Å². The number of thiophene rings is 1. The molecule has 35 heavy (non-hydrogen) atoms. The summed E-state index contributed by atoms with van der Waals surface area (Å²) in [4.78, 5) is 41.7. The lowest BCUT2D eigenvalue weighted by Gasteiger charge is -2.28. The Hall–Kier alpha value is -2.71. The average molecular weight is 529 g/mol. The zero-order chi connectivity index (χ0) is 24.7. The van der Waals surface area contributed by atoms with Crippen molar-refractivity contribution in [2.75, 3.05) is 13.2 Å². The number of hydrogen-bond donors (Lipinski definition) is 1. The van der Waals surface area contributed by atoms with Crippen molar-refractivity contribution in [2.24, 2.45) is 5.73 Å². The zero-order valence-electron chi connectivity index (χ0n) is 18.6. The summed E-state index contributed by atoms with van der Waals surface area (Å²) in [5.41, 5.74) is 8.20. The van der Waals surface area contributed by atoms with Crippen LogP contribution in [0.1, 0.15) is 33.8 Å². The van der Waals surface area contributed by atoms with Crippen molar-refractivity contribution in [1.29, 1.82) is 0 Å². The molecule has 5 rings (SSSR count). The van der Waals surface area contributed by atoms with Gasteiger partial charge in [0.05, 0.1) is 22.1 Å². The number of fused-ring (bicyclic) bond motifs is 1. The van der Waals surface area contributed by atoms with E-state index in [1.807, 2.05) is 29.6 Å². The van der Waals surface area contributed by atoms with Crippen LogP contribution in [0.5, 0.6) is 0 Å². The predicted molar refractivity (Wildman–Crippen MR) is 136 cm³/mol. The highest BCUT2D eigenvalue weighted by Gasteiger charge is 2.48. The van der Waals surface area contributed by atoms with E-state index < -0.39 is 17.9 Å². The monoisotopic (exact) mass is 528 g/mol. The van der Waals surface area contributed by atoms with Crippen LogP contribution in [0.25, 0.3) is 10.4 Å². The molecule has 0 aliphatic carbocycles. The molecule has 9 heteroatoms. The lowest BCUT2D eigenvalue weighted by molar-refractivity contribution is -0.137. The van der Waals surface area contributed by atoms with Gasteiger partial charge in [-0.25, -0.2) is 0 Å². The van der Waals surface area contributed by atoms with Gasteiger partial charge < -0.3 is 15.4 Å². The number of primary amides is 1. The third-order valence-electron chi connectivity index (χ3n) is 6.62. The van der Waals surface area contributed by atoms with Crippen molar-refractivity contribution in [1.82, 2.24) is 4.90 Å². The highest BCUT2D eigenvalue weighted by atomic mass is 35.5. The summed E-state index contributed by atoms with van der Waals surface area (Å²) in [7, 11) is 0. The second kappa shape index (κ2) is 9.74. The topological polar surface area (TPSA) is 89.7 Å². The molecule has 3 atom stereocenters. The van der Waals surface area contributed by atoms with Crippen LogP contribution in [-0.4, -0.2) is 47.8 Å². The zero-order valence-corrected chi connectivity index (χ0v) is 20.9. The Morgan fingerprint density at radius 3 is 2.69 bits per heavy atom. The summed E-state index contributed by atoms with van der Waals surface area (Å²) < 4.78 is 5.58. The van der Waals surface area contributed by atoms with Gasteiger partial charge in [-0.2, -0.15) is 0 Å². The first-order valence-electron chi connectivity index (χ1n) is 11.2. The molecule has 2 aliphatic heterocycles. The van der Waals surface area contributed by atoms with Crippen molar-refractivity contribution in [3.05, 3.63) is 80.6 Å². The van der Waals surface area contributed by atoms with Crippen LogP contribution in [0.3, 0.4) is 0 Å². The van der Waals surface area contributed by atoms with E-state index in [1.165, 1.54) is 0 Å². The van der Waals surface area contributed by atoms with E-state index in [-0.39, 0.29) is 36.4 Å². The van der Waals surface area contributed by atoms with E-state index in [9.17, 15) is 14.4 Å². The number of nitrogens with two attached hydrogens (primary N) is 1. The number of rotatable bonds is 6. The standard InChI is InChI=1S/C26H22Cl2N2O4S/c27-19-6-3-14(11-20(19)28)10-18(26(33)30-8-7-22-24(30)21(31)13-34-22)17-12-15(23-2-1-9-35-23)4-5-16(17)25(29)32/h1-6,9,11-12,18,22,24H,7-8,10,13H2,(H2,29,32). The number of carbonyl (C=O) groups is 3. The number of nitrogens with zero attached hydrogens (tertiary/aromatic N) is 1. The maximum absolute atomic E-state index is 14.1. The molecule has 3 aromatic rings. The normalized spacial score (nSPS) is 20.2. The van der Waals surface area contributed by atoms with Gasteiger partial charge in [0.15, 0.2) is 5.78 Å². The van der Waals surface area contributed by atoms with Crippen LogP contribution in [0.2, 0.25) is 10.0 Å². The van der Waals surface area contributed by atoms with Gasteiger partial charge in [0, 0.05) is 17.0 Å². The van der Waals surface area contributed by atoms with Crippen molar-refractivity contribution in [3.8, 4) is 10.4 Å². The van der Waals surface area contributed by atoms with Gasteiger partial charge in [-0.1, -0.05) is 41.4 Å². The molecule has 1 aromatic heterocycles. The summed E-state index contributed by atoms with van der Waals surface area (Å²) in [5.74, 6) is -1.73. The molecule has 2 fully saturated rings. The molecule has 2 aromatic carbocycles. The first-order chi connectivity index (χ1) is 16.8. The van der Waals surface area contributed by atoms with Gasteiger partial charge >= 0.3 is 0 Å². The fourth-order valence-electron chi connectivity index (χ4n) is 4.95. The number of amides is 2. The largest absolute Gasteiger partial charge is 0.368 e. The van der Waals surface area contributed by atoms with Crippen LogP contribution in [0, 0.1) is 0 Å². The summed E-state index contributed by atoms with van der Waals surface area (Å²) >= 11 is 13.9. The van der Waals surface area contributed by atoms with Gasteiger partial charge in [-0.05, 0) is 65.2 Å². The minimum atomic E-state index is -0.762. The molecular formula is C26H22Cl2N2O4S. The molecule has 2 aliphatic rings. The van der Waals surface area contributed by atoms with Crippen LogP contribution in [0.4, 0.5) is 0 Å². The van der Waals surface area contributed by atoms with Crippen LogP contribution >= 0.6 is 34.5 Å². The Labute approximate surface area is 216 Å². The van der Waals surface area contributed by atoms with Crippen LogP contribution < -0.4 is 5.73 Å². The number of likely N-dealkylation sites (tertiary alicyclic amines) is 1. The Balaban J connectivity index is 1.61. The molecule has 6 nitrogen and oxygen atoms in total. The molecule has 0 saturated carbocycles. The van der Waals surface area contributed by atoms with Crippen molar-refractivity contribution in [2.45, 2.75) is 30.9 Å². The molecule has 0 radical (unpaired) electrons. The van der Waals surface area contributed by atoms with Gasteiger partial charge in [-0.3, -0.25) is 14.4 Å². The second-order valence-electron chi connectivity index (χ2n) is 8.73. The first kappa shape index (κ1) is 24.0. The Morgan fingerprint density at radius 2 is 1.97 bits per heavy atom. The maximum Gasteiger partial charge on any atom is 0.249 e. The molecule has 180 valence electrons. The summed E-state index contributed by atoms with van der Waals surface area (Å²) in [5, 5.41) is 2.75. The van der Waals surface area contributed by atoms with Crippen molar-refractivity contribution >= 4 is 52.1 Å². The highest BCUT2D eigenvalue weighted by Crippen LogP contribution is 2.36. The summed E-state index contributed by atoms with van der Waals surface area (Å²) in [6, 6.07) is 13.9. The third kappa shape index (κ3) is 4.61. The number of ether oxygens (including phenoxy) is 1. The van der Waals surface area contributed by atoms with E-state index in [1.54, 1.807) is 40.5 Å². The fraction of sp³-hybridized carbons (Fsp3) is 0.269. The maximum atomic E-state index is 14.1. The minimum absolute atomic E-state index is 0.0109.